The lowest BCUT2D eigenvalue weighted by Gasteiger charge is -2.32. The van der Waals surface area contributed by atoms with Gasteiger partial charge in [0.2, 0.25) is 5.91 Å². The first-order valence-electron chi connectivity index (χ1n) is 8.29. The summed E-state index contributed by atoms with van der Waals surface area (Å²) in [7, 11) is 0. The number of likely N-dealkylation sites (tertiary alicyclic amines) is 1. The maximum Gasteiger partial charge on any atom is 0.306 e. The van der Waals surface area contributed by atoms with E-state index in [-0.39, 0.29) is 17.7 Å². The highest BCUT2D eigenvalue weighted by molar-refractivity contribution is 5.78. The Morgan fingerprint density at radius 2 is 1.95 bits per heavy atom. The maximum atomic E-state index is 12.1. The van der Waals surface area contributed by atoms with Crippen LogP contribution in [0.25, 0.3) is 0 Å². The molecule has 3 unspecified atom stereocenters. The van der Waals surface area contributed by atoms with E-state index in [4.69, 9.17) is 0 Å². The van der Waals surface area contributed by atoms with Crippen LogP contribution in [0.4, 0.5) is 0 Å². The van der Waals surface area contributed by atoms with Gasteiger partial charge in [-0.05, 0) is 44.1 Å². The van der Waals surface area contributed by atoms with Crippen LogP contribution in [-0.4, -0.2) is 48.1 Å². The van der Waals surface area contributed by atoms with Crippen LogP contribution >= 0.6 is 0 Å². The molecule has 0 spiro atoms. The van der Waals surface area contributed by atoms with Crippen LogP contribution in [0, 0.1) is 17.8 Å². The summed E-state index contributed by atoms with van der Waals surface area (Å²) in [5.74, 6) is 0.0000389. The van der Waals surface area contributed by atoms with Crippen LogP contribution in [0.2, 0.25) is 0 Å². The number of piperidine rings is 1. The first-order chi connectivity index (χ1) is 10.1. The predicted octanol–water partition coefficient (Wildman–Crippen LogP) is 1.73. The Kier molecular flexibility index (Phi) is 6.03. The summed E-state index contributed by atoms with van der Waals surface area (Å²) in [5, 5.41) is 12.4. The Balaban J connectivity index is 1.72. The SMILES string of the molecule is CC1CCCN(C(=O)CNCC2CCCCC2C(=O)O)C1. The number of carboxylic acids is 1. The molecule has 120 valence electrons. The van der Waals surface area contributed by atoms with Gasteiger partial charge in [0.1, 0.15) is 0 Å². The number of amides is 1. The lowest BCUT2D eigenvalue weighted by atomic mass is 9.79. The molecule has 0 bridgehead atoms. The molecule has 0 aromatic rings. The molecule has 1 heterocycles. The van der Waals surface area contributed by atoms with Crippen LogP contribution in [0.3, 0.4) is 0 Å². The highest BCUT2D eigenvalue weighted by Gasteiger charge is 2.30. The summed E-state index contributed by atoms with van der Waals surface area (Å²) in [6.45, 7) is 4.90. The average Bonchev–Trinajstić information content (AvgIpc) is 2.47. The second kappa shape index (κ2) is 7.78. The van der Waals surface area contributed by atoms with Gasteiger partial charge in [-0.2, -0.15) is 0 Å². The van der Waals surface area contributed by atoms with Crippen LogP contribution in [-0.2, 0) is 9.59 Å². The molecule has 3 atom stereocenters. The molecule has 0 radical (unpaired) electrons. The Hall–Kier alpha value is -1.10. The molecule has 21 heavy (non-hydrogen) atoms. The molecule has 0 aromatic carbocycles. The number of hydrogen-bond acceptors (Lipinski definition) is 3. The van der Waals surface area contributed by atoms with E-state index in [1.54, 1.807) is 0 Å². The minimum atomic E-state index is -0.683. The largest absolute Gasteiger partial charge is 0.481 e. The zero-order chi connectivity index (χ0) is 15.2. The topological polar surface area (TPSA) is 69.6 Å². The zero-order valence-electron chi connectivity index (χ0n) is 13.0. The number of rotatable bonds is 5. The van der Waals surface area contributed by atoms with Crippen LogP contribution in [0.5, 0.6) is 0 Å². The summed E-state index contributed by atoms with van der Waals surface area (Å²) < 4.78 is 0. The molecule has 0 aromatic heterocycles. The fraction of sp³-hybridized carbons (Fsp3) is 0.875. The van der Waals surface area contributed by atoms with Crippen LogP contribution < -0.4 is 5.32 Å². The highest BCUT2D eigenvalue weighted by atomic mass is 16.4. The molecule has 2 rings (SSSR count). The molecule has 1 amide bonds. The Labute approximate surface area is 127 Å². The third-order valence-electron chi connectivity index (χ3n) is 4.92. The van der Waals surface area contributed by atoms with E-state index in [1.165, 1.54) is 6.42 Å². The van der Waals surface area contributed by atoms with Crippen molar-refractivity contribution in [2.75, 3.05) is 26.2 Å². The summed E-state index contributed by atoms with van der Waals surface area (Å²) >= 11 is 0. The zero-order valence-corrected chi connectivity index (χ0v) is 13.0. The quantitative estimate of drug-likeness (QED) is 0.810. The molecule has 5 nitrogen and oxygen atoms in total. The van der Waals surface area contributed by atoms with E-state index in [9.17, 15) is 14.7 Å². The summed E-state index contributed by atoms with van der Waals surface area (Å²) in [6, 6.07) is 0. The highest BCUT2D eigenvalue weighted by Crippen LogP contribution is 2.29. The van der Waals surface area contributed by atoms with Gasteiger partial charge in [0.15, 0.2) is 0 Å². The third-order valence-corrected chi connectivity index (χ3v) is 4.92. The second-order valence-electron chi connectivity index (χ2n) is 6.71. The Morgan fingerprint density at radius 3 is 2.67 bits per heavy atom. The maximum absolute atomic E-state index is 12.1. The van der Waals surface area contributed by atoms with Crippen molar-refractivity contribution in [1.29, 1.82) is 0 Å². The standard InChI is InChI=1S/C16H28N2O3/c1-12-5-4-8-18(11-12)15(19)10-17-9-13-6-2-3-7-14(13)16(20)21/h12-14,17H,2-11H2,1H3,(H,20,21). The Bertz CT molecular complexity index is 373. The molecular weight excluding hydrogens is 268 g/mol. The normalized spacial score (nSPS) is 30.1. The Morgan fingerprint density at radius 1 is 1.19 bits per heavy atom. The van der Waals surface area contributed by atoms with Gasteiger partial charge in [-0.15, -0.1) is 0 Å². The molecule has 1 saturated heterocycles. The van der Waals surface area contributed by atoms with Gasteiger partial charge in [0, 0.05) is 13.1 Å². The summed E-state index contributed by atoms with van der Waals surface area (Å²) in [5.41, 5.74) is 0. The second-order valence-corrected chi connectivity index (χ2v) is 6.71. The predicted molar refractivity (Wildman–Crippen MR) is 80.9 cm³/mol. The van der Waals surface area contributed by atoms with Gasteiger partial charge < -0.3 is 15.3 Å². The van der Waals surface area contributed by atoms with Crippen molar-refractivity contribution in [2.24, 2.45) is 17.8 Å². The number of nitrogens with one attached hydrogen (secondary N) is 1. The third kappa shape index (κ3) is 4.70. The minimum Gasteiger partial charge on any atom is -0.481 e. The number of carboxylic acid groups (broad SMARTS) is 1. The summed E-state index contributed by atoms with van der Waals surface area (Å²) in [6.07, 6.45) is 6.15. The van der Waals surface area contributed by atoms with Gasteiger partial charge >= 0.3 is 5.97 Å². The van der Waals surface area contributed by atoms with Crippen molar-refractivity contribution < 1.29 is 14.7 Å². The number of carbonyl (C=O) groups excluding carboxylic acids is 1. The van der Waals surface area contributed by atoms with Gasteiger partial charge in [0.25, 0.3) is 0 Å². The lowest BCUT2D eigenvalue weighted by Crippen LogP contribution is -2.45. The minimum absolute atomic E-state index is 0.157. The van der Waals surface area contributed by atoms with Crippen molar-refractivity contribution in [2.45, 2.75) is 45.4 Å². The van der Waals surface area contributed by atoms with Crippen molar-refractivity contribution >= 4 is 11.9 Å². The first kappa shape index (κ1) is 16.3. The van der Waals surface area contributed by atoms with Crippen LogP contribution in [0.1, 0.15) is 45.4 Å². The molecule has 1 saturated carbocycles. The van der Waals surface area contributed by atoms with Gasteiger partial charge in [-0.25, -0.2) is 0 Å². The van der Waals surface area contributed by atoms with Gasteiger partial charge in [-0.1, -0.05) is 19.8 Å². The fourth-order valence-corrected chi connectivity index (χ4v) is 3.67. The average molecular weight is 296 g/mol. The van der Waals surface area contributed by atoms with Crippen molar-refractivity contribution in [3.05, 3.63) is 0 Å². The molecule has 2 aliphatic rings. The molecule has 1 aliphatic heterocycles. The molecular formula is C16H28N2O3. The number of hydrogen-bond donors (Lipinski definition) is 2. The molecule has 2 N–H and O–H groups in total. The number of nitrogens with zero attached hydrogens (tertiary/aromatic N) is 1. The molecule has 1 aliphatic carbocycles. The van der Waals surface area contributed by atoms with Gasteiger partial charge in [-0.3, -0.25) is 9.59 Å². The smallest absolute Gasteiger partial charge is 0.306 e. The van der Waals surface area contributed by atoms with Crippen molar-refractivity contribution in [1.82, 2.24) is 10.2 Å². The monoisotopic (exact) mass is 296 g/mol. The van der Waals surface area contributed by atoms with E-state index in [0.717, 1.165) is 45.2 Å². The summed E-state index contributed by atoms with van der Waals surface area (Å²) in [4.78, 5) is 25.3. The lowest BCUT2D eigenvalue weighted by molar-refractivity contribution is -0.144. The van der Waals surface area contributed by atoms with Gasteiger partial charge in [0.05, 0.1) is 12.5 Å². The van der Waals surface area contributed by atoms with E-state index >= 15 is 0 Å². The molecule has 2 fully saturated rings. The van der Waals surface area contributed by atoms with Crippen molar-refractivity contribution in [3.63, 3.8) is 0 Å². The van der Waals surface area contributed by atoms with Crippen LogP contribution in [0.15, 0.2) is 0 Å². The van der Waals surface area contributed by atoms with E-state index in [2.05, 4.69) is 12.2 Å². The van der Waals surface area contributed by atoms with E-state index in [0.29, 0.717) is 19.0 Å². The first-order valence-corrected chi connectivity index (χ1v) is 8.29. The van der Waals surface area contributed by atoms with E-state index < -0.39 is 5.97 Å². The number of carbonyl (C=O) groups is 2. The molecule has 5 heteroatoms. The van der Waals surface area contributed by atoms with Crippen molar-refractivity contribution in [3.8, 4) is 0 Å². The number of aliphatic carboxylic acids is 1. The fourth-order valence-electron chi connectivity index (χ4n) is 3.67. The van der Waals surface area contributed by atoms with E-state index in [1.807, 2.05) is 4.90 Å².